The van der Waals surface area contributed by atoms with Crippen LogP contribution in [0.3, 0.4) is 0 Å². The predicted molar refractivity (Wildman–Crippen MR) is 128 cm³/mol. The molecule has 0 bridgehead atoms. The van der Waals surface area contributed by atoms with E-state index < -0.39 is 0 Å². The molecule has 1 N–H and O–H groups in total. The lowest BCUT2D eigenvalue weighted by Crippen LogP contribution is -2.53. The Hall–Kier alpha value is -2.70. The topological polar surface area (TPSA) is 59.8 Å². The highest BCUT2D eigenvalue weighted by Gasteiger charge is 2.48. The van der Waals surface area contributed by atoms with Crippen LogP contribution in [0.2, 0.25) is 5.02 Å². The smallest absolute Gasteiger partial charge is 0.253 e. The van der Waals surface area contributed by atoms with Crippen molar-refractivity contribution in [1.29, 1.82) is 0 Å². The first kappa shape index (κ1) is 19.9. The zero-order chi connectivity index (χ0) is 21.7. The Balaban J connectivity index is 1.27. The van der Waals surface area contributed by atoms with Crippen LogP contribution in [0.4, 0.5) is 0 Å². The molecule has 2 aromatic carbocycles. The van der Waals surface area contributed by atoms with Crippen LogP contribution in [0.5, 0.6) is 0 Å². The van der Waals surface area contributed by atoms with E-state index in [1.807, 2.05) is 35.1 Å². The van der Waals surface area contributed by atoms with Gasteiger partial charge in [0.1, 0.15) is 5.01 Å². The van der Waals surface area contributed by atoms with E-state index in [4.69, 9.17) is 11.6 Å². The van der Waals surface area contributed by atoms with Gasteiger partial charge in [0.15, 0.2) is 0 Å². The number of hydrogen-bond acceptors (Lipinski definition) is 4. The predicted octanol–water partition coefficient (Wildman–Crippen LogP) is 5.92. The summed E-state index contributed by atoms with van der Waals surface area (Å²) in [4.78, 5) is 18.9. The molecule has 2 heterocycles. The lowest BCUT2D eigenvalue weighted by molar-refractivity contribution is -0.000604. The molecule has 5 nitrogen and oxygen atoms in total. The third-order valence-electron chi connectivity index (χ3n) is 6.93. The summed E-state index contributed by atoms with van der Waals surface area (Å²) in [5.74, 6) is -0.0623. The number of hydrogen-bond donors (Lipinski definition) is 1. The van der Waals surface area contributed by atoms with Crippen molar-refractivity contribution in [2.75, 3.05) is 0 Å². The zero-order valence-electron chi connectivity index (χ0n) is 17.6. The van der Waals surface area contributed by atoms with E-state index in [1.165, 1.54) is 19.3 Å². The zero-order valence-corrected chi connectivity index (χ0v) is 19.1. The van der Waals surface area contributed by atoms with Gasteiger partial charge >= 0.3 is 0 Å². The Kier molecular flexibility index (Phi) is 4.81. The Morgan fingerprint density at radius 3 is 2.75 bits per heavy atom. The van der Waals surface area contributed by atoms with Crippen LogP contribution in [0.1, 0.15) is 47.3 Å². The standard InChI is InChI=1S/C25H23ClN4OS/c26-18-9-17-13-28-30(15-20-14-27-24(32-20)16-5-2-1-3-6-16)22(17)21(10-18)23(31)29-19-11-25(12-19)7-4-8-25/h1-3,5-6,9-10,13-14,19H,4,7-8,11-12,15H2,(H,29,31). The van der Waals surface area contributed by atoms with Crippen LogP contribution in [-0.4, -0.2) is 26.7 Å². The highest BCUT2D eigenvalue weighted by molar-refractivity contribution is 7.15. The van der Waals surface area contributed by atoms with Gasteiger partial charge in [-0.2, -0.15) is 5.10 Å². The number of amides is 1. The first-order chi connectivity index (χ1) is 15.6. The minimum absolute atomic E-state index is 0.0623. The Labute approximate surface area is 195 Å². The molecular weight excluding hydrogens is 440 g/mol. The van der Waals surface area contributed by atoms with Gasteiger partial charge in [-0.1, -0.05) is 48.4 Å². The average molecular weight is 463 g/mol. The number of carbonyl (C=O) groups is 1. The van der Waals surface area contributed by atoms with Crippen LogP contribution in [0.25, 0.3) is 21.5 Å². The van der Waals surface area contributed by atoms with Gasteiger partial charge in [0, 0.05) is 33.1 Å². The summed E-state index contributed by atoms with van der Waals surface area (Å²) in [6, 6.07) is 14.0. The van der Waals surface area contributed by atoms with E-state index in [9.17, 15) is 4.79 Å². The van der Waals surface area contributed by atoms with Crippen molar-refractivity contribution in [3.05, 3.63) is 70.3 Å². The number of benzene rings is 2. The van der Waals surface area contributed by atoms with Gasteiger partial charge < -0.3 is 5.32 Å². The second-order valence-electron chi connectivity index (χ2n) is 9.12. The first-order valence-electron chi connectivity index (χ1n) is 11.0. The molecule has 2 aliphatic carbocycles. The second-order valence-corrected chi connectivity index (χ2v) is 10.7. The summed E-state index contributed by atoms with van der Waals surface area (Å²) in [6.45, 7) is 0.558. The largest absolute Gasteiger partial charge is 0.349 e. The molecule has 4 aromatic rings. The molecule has 0 saturated heterocycles. The van der Waals surface area contributed by atoms with E-state index in [0.29, 0.717) is 22.5 Å². The average Bonchev–Trinajstić information content (AvgIpc) is 3.36. The quantitative estimate of drug-likeness (QED) is 0.400. The second kappa shape index (κ2) is 7.71. The maximum absolute atomic E-state index is 13.2. The summed E-state index contributed by atoms with van der Waals surface area (Å²) in [7, 11) is 0. The van der Waals surface area contributed by atoms with Crippen molar-refractivity contribution in [2.24, 2.45) is 5.41 Å². The molecule has 162 valence electrons. The summed E-state index contributed by atoms with van der Waals surface area (Å²) in [5.41, 5.74) is 3.03. The fourth-order valence-corrected chi connectivity index (χ4v) is 6.29. The molecular formula is C25H23ClN4OS. The minimum atomic E-state index is -0.0623. The number of aromatic nitrogens is 3. The maximum Gasteiger partial charge on any atom is 0.253 e. The number of carbonyl (C=O) groups excluding carboxylic acids is 1. The minimum Gasteiger partial charge on any atom is -0.349 e. The molecule has 2 aromatic heterocycles. The Morgan fingerprint density at radius 1 is 1.19 bits per heavy atom. The van der Waals surface area contributed by atoms with Gasteiger partial charge in [-0.15, -0.1) is 11.3 Å². The van der Waals surface area contributed by atoms with E-state index in [-0.39, 0.29) is 11.9 Å². The third-order valence-corrected chi connectivity index (χ3v) is 8.18. The Morgan fingerprint density at radius 2 is 2.00 bits per heavy atom. The van der Waals surface area contributed by atoms with Gasteiger partial charge in [0.05, 0.1) is 23.8 Å². The van der Waals surface area contributed by atoms with Crippen LogP contribution in [0.15, 0.2) is 54.9 Å². The number of nitrogens with one attached hydrogen (secondary N) is 1. The van der Waals surface area contributed by atoms with Gasteiger partial charge in [-0.25, -0.2) is 4.98 Å². The normalized spacial score (nSPS) is 17.3. The highest BCUT2D eigenvalue weighted by atomic mass is 35.5. The number of thiazole rings is 1. The van der Waals surface area contributed by atoms with Crippen molar-refractivity contribution in [3.8, 4) is 10.6 Å². The monoisotopic (exact) mass is 462 g/mol. The van der Waals surface area contributed by atoms with E-state index in [1.54, 1.807) is 23.6 Å². The van der Waals surface area contributed by atoms with Crippen LogP contribution in [0, 0.1) is 5.41 Å². The van der Waals surface area contributed by atoms with Crippen molar-refractivity contribution in [3.63, 3.8) is 0 Å². The van der Waals surface area contributed by atoms with E-state index >= 15 is 0 Å². The van der Waals surface area contributed by atoms with Gasteiger partial charge in [0.25, 0.3) is 5.91 Å². The molecule has 1 amide bonds. The number of halogens is 1. The number of nitrogens with zero attached hydrogens (tertiary/aromatic N) is 3. The molecule has 2 aliphatic rings. The van der Waals surface area contributed by atoms with Crippen molar-refractivity contribution < 1.29 is 4.79 Å². The van der Waals surface area contributed by atoms with Gasteiger partial charge in [-0.05, 0) is 43.2 Å². The van der Waals surface area contributed by atoms with Crippen LogP contribution >= 0.6 is 22.9 Å². The van der Waals surface area contributed by atoms with Crippen molar-refractivity contribution in [1.82, 2.24) is 20.1 Å². The number of fused-ring (bicyclic) bond motifs is 1. The summed E-state index contributed by atoms with van der Waals surface area (Å²) in [6.07, 6.45) is 9.83. The molecule has 2 fully saturated rings. The van der Waals surface area contributed by atoms with E-state index in [0.717, 1.165) is 39.2 Å². The fourth-order valence-electron chi connectivity index (χ4n) is 5.17. The summed E-state index contributed by atoms with van der Waals surface area (Å²) in [5, 5.41) is 10.2. The van der Waals surface area contributed by atoms with Crippen molar-refractivity contribution in [2.45, 2.75) is 44.7 Å². The molecule has 0 unspecified atom stereocenters. The SMILES string of the molecule is O=C(NC1CC2(CCC2)C1)c1cc(Cl)cc2cnn(Cc3cnc(-c4ccccc4)s3)c12. The first-order valence-corrected chi connectivity index (χ1v) is 12.2. The third kappa shape index (κ3) is 3.51. The van der Waals surface area contributed by atoms with Gasteiger partial charge in [0.2, 0.25) is 0 Å². The number of rotatable bonds is 5. The molecule has 6 rings (SSSR count). The molecule has 2 saturated carbocycles. The molecule has 32 heavy (non-hydrogen) atoms. The van der Waals surface area contributed by atoms with Crippen LogP contribution in [-0.2, 0) is 6.54 Å². The molecule has 0 radical (unpaired) electrons. The lowest BCUT2D eigenvalue weighted by Gasteiger charge is -2.54. The maximum atomic E-state index is 13.2. The molecule has 7 heteroatoms. The van der Waals surface area contributed by atoms with Crippen molar-refractivity contribution >= 4 is 39.7 Å². The lowest BCUT2D eigenvalue weighted by atomic mass is 9.54. The van der Waals surface area contributed by atoms with E-state index in [2.05, 4.69) is 27.5 Å². The highest BCUT2D eigenvalue weighted by Crippen LogP contribution is 2.55. The molecule has 1 spiro atoms. The van der Waals surface area contributed by atoms with Crippen LogP contribution < -0.4 is 5.32 Å². The Bertz CT molecular complexity index is 1300. The summed E-state index contributed by atoms with van der Waals surface area (Å²) < 4.78 is 1.89. The fraction of sp³-hybridized carbons (Fsp3) is 0.320. The molecule has 0 aliphatic heterocycles. The summed E-state index contributed by atoms with van der Waals surface area (Å²) >= 11 is 7.99. The molecule has 0 atom stereocenters. The van der Waals surface area contributed by atoms with Gasteiger partial charge in [-0.3, -0.25) is 9.48 Å².